The molecule has 3 rings (SSSR count). The zero-order valence-electron chi connectivity index (χ0n) is 10.9. The van der Waals surface area contributed by atoms with Crippen molar-refractivity contribution in [3.63, 3.8) is 0 Å². The zero-order chi connectivity index (χ0) is 12.7. The maximum absolute atomic E-state index is 11.8. The first-order valence-corrected chi connectivity index (χ1v) is 6.54. The number of fused-ring (bicyclic) bond motifs is 1. The van der Waals surface area contributed by atoms with Gasteiger partial charge < -0.3 is 5.32 Å². The van der Waals surface area contributed by atoms with Crippen LogP contribution < -0.4 is 10.2 Å². The molecule has 0 bridgehead atoms. The summed E-state index contributed by atoms with van der Waals surface area (Å²) in [6.45, 7) is 3.04. The Balaban J connectivity index is 2.04. The molecule has 1 atom stereocenters. The fourth-order valence-corrected chi connectivity index (χ4v) is 2.75. The van der Waals surface area contributed by atoms with Gasteiger partial charge in [-0.15, -0.1) is 0 Å². The molecule has 0 spiro atoms. The highest BCUT2D eigenvalue weighted by Gasteiger charge is 2.27. The Labute approximate surface area is 107 Å². The molecule has 0 saturated carbocycles. The molecule has 1 aromatic heterocycles. The summed E-state index contributed by atoms with van der Waals surface area (Å²) >= 11 is 0. The van der Waals surface area contributed by atoms with Crippen molar-refractivity contribution in [1.82, 2.24) is 15.3 Å². The third-order valence-electron chi connectivity index (χ3n) is 3.86. The van der Waals surface area contributed by atoms with E-state index in [0.29, 0.717) is 6.42 Å². The molecule has 0 aliphatic carbocycles. The van der Waals surface area contributed by atoms with Gasteiger partial charge in [-0.1, -0.05) is 0 Å². The van der Waals surface area contributed by atoms with E-state index in [0.717, 1.165) is 42.3 Å². The highest BCUT2D eigenvalue weighted by atomic mass is 16.2. The number of nitrogens with one attached hydrogen (secondary N) is 1. The third kappa shape index (κ3) is 1.79. The van der Waals surface area contributed by atoms with E-state index in [1.54, 1.807) is 11.9 Å². The molecule has 1 fully saturated rings. The predicted octanol–water partition coefficient (Wildman–Crippen LogP) is 1.12. The van der Waals surface area contributed by atoms with Crippen molar-refractivity contribution >= 4 is 11.7 Å². The number of aromatic nitrogens is 2. The number of carbonyl (C=O) groups is 1. The normalized spacial score (nSPS) is 23.3. The fourth-order valence-electron chi connectivity index (χ4n) is 2.75. The van der Waals surface area contributed by atoms with Crippen molar-refractivity contribution in [3.8, 4) is 0 Å². The number of rotatable bonds is 1. The lowest BCUT2D eigenvalue weighted by Crippen LogP contribution is -2.33. The van der Waals surface area contributed by atoms with Crippen LogP contribution in [0.2, 0.25) is 0 Å². The van der Waals surface area contributed by atoms with Gasteiger partial charge in [-0.05, 0) is 32.7 Å². The monoisotopic (exact) mass is 246 g/mol. The zero-order valence-corrected chi connectivity index (χ0v) is 10.9. The van der Waals surface area contributed by atoms with Gasteiger partial charge in [0.05, 0.1) is 6.04 Å². The lowest BCUT2D eigenvalue weighted by atomic mass is 10.0. The Morgan fingerprint density at radius 1 is 1.33 bits per heavy atom. The van der Waals surface area contributed by atoms with Crippen LogP contribution in [0.4, 0.5) is 5.82 Å². The van der Waals surface area contributed by atoms with E-state index in [1.807, 2.05) is 6.92 Å². The van der Waals surface area contributed by atoms with Gasteiger partial charge in [-0.25, -0.2) is 9.97 Å². The molecule has 5 nitrogen and oxygen atoms in total. The quantitative estimate of drug-likeness (QED) is 0.806. The molecular weight excluding hydrogens is 228 g/mol. The van der Waals surface area contributed by atoms with E-state index in [4.69, 9.17) is 0 Å². The highest BCUT2D eigenvalue weighted by Crippen LogP contribution is 2.29. The second kappa shape index (κ2) is 4.31. The minimum atomic E-state index is 0.144. The van der Waals surface area contributed by atoms with Gasteiger partial charge in [-0.2, -0.15) is 0 Å². The minimum Gasteiger partial charge on any atom is -0.307 e. The van der Waals surface area contributed by atoms with E-state index < -0.39 is 0 Å². The maximum atomic E-state index is 11.8. The Morgan fingerprint density at radius 3 is 2.89 bits per heavy atom. The first kappa shape index (κ1) is 11.6. The summed E-state index contributed by atoms with van der Waals surface area (Å²) in [4.78, 5) is 22.7. The molecule has 1 aromatic rings. The van der Waals surface area contributed by atoms with E-state index in [-0.39, 0.29) is 11.9 Å². The summed E-state index contributed by atoms with van der Waals surface area (Å²) in [7, 11) is 1.80. The molecule has 96 valence electrons. The summed E-state index contributed by atoms with van der Waals surface area (Å²) in [5.74, 6) is 1.79. The second-order valence-electron chi connectivity index (χ2n) is 5.07. The van der Waals surface area contributed by atoms with E-state index >= 15 is 0 Å². The Kier molecular flexibility index (Phi) is 2.78. The van der Waals surface area contributed by atoms with Crippen LogP contribution >= 0.6 is 0 Å². The number of aryl methyl sites for hydroxylation is 1. The molecule has 1 amide bonds. The first-order chi connectivity index (χ1) is 8.66. The number of hydrogen-bond donors (Lipinski definition) is 1. The van der Waals surface area contributed by atoms with E-state index in [1.165, 1.54) is 6.42 Å². The Bertz CT molecular complexity index is 494. The average molecular weight is 246 g/mol. The molecule has 1 N–H and O–H groups in total. The van der Waals surface area contributed by atoms with Crippen LogP contribution in [-0.4, -0.2) is 29.5 Å². The Morgan fingerprint density at radius 2 is 2.17 bits per heavy atom. The van der Waals surface area contributed by atoms with E-state index in [9.17, 15) is 4.79 Å². The Hall–Kier alpha value is -1.49. The smallest absolute Gasteiger partial charge is 0.228 e. The summed E-state index contributed by atoms with van der Waals surface area (Å²) in [6, 6.07) is 0.249. The van der Waals surface area contributed by atoms with Crippen molar-refractivity contribution in [2.24, 2.45) is 0 Å². The summed E-state index contributed by atoms with van der Waals surface area (Å²) < 4.78 is 0. The van der Waals surface area contributed by atoms with Gasteiger partial charge in [0.2, 0.25) is 5.91 Å². The number of amides is 1. The third-order valence-corrected chi connectivity index (χ3v) is 3.86. The standard InChI is InChI=1S/C13H18N4O/c1-8-9-5-6-11(18)17(2)13(9)16-12(15-8)10-4-3-7-14-10/h10,14H,3-7H2,1-2H3/t10-/m1/s1. The summed E-state index contributed by atoms with van der Waals surface area (Å²) in [5, 5.41) is 3.40. The number of anilines is 1. The molecule has 1 saturated heterocycles. The molecule has 2 aliphatic rings. The van der Waals surface area contributed by atoms with Crippen LogP contribution in [0.3, 0.4) is 0 Å². The SMILES string of the molecule is Cc1nc([C@H]2CCCN2)nc2c1CCC(=O)N2C. The van der Waals surface area contributed by atoms with Crippen LogP contribution in [0, 0.1) is 6.92 Å². The molecular formula is C13H18N4O. The lowest BCUT2D eigenvalue weighted by Gasteiger charge is -2.26. The van der Waals surface area contributed by atoms with Crippen molar-refractivity contribution in [2.75, 3.05) is 18.5 Å². The number of nitrogens with zero attached hydrogens (tertiary/aromatic N) is 3. The molecule has 0 unspecified atom stereocenters. The minimum absolute atomic E-state index is 0.144. The summed E-state index contributed by atoms with van der Waals surface area (Å²) in [5.41, 5.74) is 2.14. The molecule has 2 aliphatic heterocycles. The molecule has 5 heteroatoms. The number of carbonyl (C=O) groups excluding carboxylic acids is 1. The molecule has 0 radical (unpaired) electrons. The van der Waals surface area contributed by atoms with Crippen LogP contribution in [0.5, 0.6) is 0 Å². The highest BCUT2D eigenvalue weighted by molar-refractivity contribution is 5.94. The first-order valence-electron chi connectivity index (χ1n) is 6.54. The van der Waals surface area contributed by atoms with Crippen LogP contribution in [-0.2, 0) is 11.2 Å². The summed E-state index contributed by atoms with van der Waals surface area (Å²) in [6.07, 6.45) is 3.58. The number of hydrogen-bond acceptors (Lipinski definition) is 4. The van der Waals surface area contributed by atoms with Crippen molar-refractivity contribution in [1.29, 1.82) is 0 Å². The van der Waals surface area contributed by atoms with Gasteiger partial charge in [0, 0.05) is 24.7 Å². The van der Waals surface area contributed by atoms with Crippen molar-refractivity contribution in [2.45, 2.75) is 38.6 Å². The maximum Gasteiger partial charge on any atom is 0.228 e. The van der Waals surface area contributed by atoms with Crippen LogP contribution in [0.25, 0.3) is 0 Å². The molecule has 3 heterocycles. The van der Waals surface area contributed by atoms with Crippen molar-refractivity contribution < 1.29 is 4.79 Å². The van der Waals surface area contributed by atoms with Gasteiger partial charge in [0.15, 0.2) is 0 Å². The lowest BCUT2D eigenvalue weighted by molar-refractivity contribution is -0.118. The van der Waals surface area contributed by atoms with Gasteiger partial charge in [-0.3, -0.25) is 9.69 Å². The largest absolute Gasteiger partial charge is 0.307 e. The molecule has 18 heavy (non-hydrogen) atoms. The van der Waals surface area contributed by atoms with Crippen molar-refractivity contribution in [3.05, 3.63) is 17.1 Å². The van der Waals surface area contributed by atoms with Crippen LogP contribution in [0.15, 0.2) is 0 Å². The second-order valence-corrected chi connectivity index (χ2v) is 5.07. The topological polar surface area (TPSA) is 58.1 Å². The van der Waals surface area contributed by atoms with Gasteiger partial charge in [0.25, 0.3) is 0 Å². The fraction of sp³-hybridized carbons (Fsp3) is 0.615. The van der Waals surface area contributed by atoms with Crippen LogP contribution in [0.1, 0.15) is 42.4 Å². The van der Waals surface area contributed by atoms with Gasteiger partial charge in [0.1, 0.15) is 11.6 Å². The average Bonchev–Trinajstić information content (AvgIpc) is 2.88. The van der Waals surface area contributed by atoms with E-state index in [2.05, 4.69) is 15.3 Å². The predicted molar refractivity (Wildman–Crippen MR) is 68.5 cm³/mol. The molecule has 0 aromatic carbocycles. The van der Waals surface area contributed by atoms with Gasteiger partial charge >= 0.3 is 0 Å².